The summed E-state index contributed by atoms with van der Waals surface area (Å²) in [6.07, 6.45) is 1.55. The molecule has 0 aliphatic carbocycles. The maximum Gasteiger partial charge on any atom is 0.157 e. The Labute approximate surface area is 71.7 Å². The minimum Gasteiger partial charge on any atom is -0.482 e. The molecule has 0 spiro atoms. The van der Waals surface area contributed by atoms with Crippen LogP contribution in [0.2, 0.25) is 0 Å². The first kappa shape index (κ1) is 8.35. The average molecular weight is 158 g/mol. The van der Waals surface area contributed by atoms with Gasteiger partial charge in [0.2, 0.25) is 0 Å². The van der Waals surface area contributed by atoms with Crippen LogP contribution in [0.25, 0.3) is 0 Å². The van der Waals surface area contributed by atoms with Crippen molar-refractivity contribution in [2.75, 3.05) is 0 Å². The van der Waals surface area contributed by atoms with Crippen LogP contribution in [0, 0.1) is 17.9 Å². The second-order valence-electron chi connectivity index (χ2n) is 2.13. The van der Waals surface area contributed by atoms with E-state index in [2.05, 4.69) is 6.58 Å². The zero-order valence-corrected chi connectivity index (χ0v) is 6.53. The first-order valence-corrected chi connectivity index (χ1v) is 3.48. The lowest BCUT2D eigenvalue weighted by Crippen LogP contribution is -1.85. The third-order valence-electron chi connectivity index (χ3n) is 1.28. The Bertz CT molecular complexity index is 295. The predicted molar refractivity (Wildman–Crippen MR) is 46.3 cm³/mol. The Morgan fingerprint density at radius 1 is 1.33 bits per heavy atom. The number of nitrogens with zero attached hydrogens (tertiary/aromatic N) is 1. The standard InChI is InChI=1S/C10H8NO/c1-2-7-12-10-5-3-9(8-11)4-6-10/h2-7H,1H2. The van der Waals surface area contributed by atoms with Crippen LogP contribution in [0.5, 0.6) is 5.75 Å². The molecule has 0 saturated heterocycles. The molecule has 1 radical (unpaired) electrons. The fraction of sp³-hybridized carbons (Fsp3) is 0. The number of hydrogen-bond acceptors (Lipinski definition) is 2. The highest BCUT2D eigenvalue weighted by atomic mass is 16.5. The van der Waals surface area contributed by atoms with E-state index in [1.807, 2.05) is 6.07 Å². The lowest BCUT2D eigenvalue weighted by Gasteiger charge is -2.00. The summed E-state index contributed by atoms with van der Waals surface area (Å²) in [6.45, 7) is 4.96. The lowest BCUT2D eigenvalue weighted by atomic mass is 10.2. The van der Waals surface area contributed by atoms with Gasteiger partial charge in [-0.3, -0.25) is 0 Å². The highest BCUT2D eigenvalue weighted by Gasteiger charge is 1.92. The van der Waals surface area contributed by atoms with Crippen LogP contribution in [0.1, 0.15) is 5.56 Å². The Hall–Kier alpha value is -1.75. The maximum absolute atomic E-state index is 8.49. The van der Waals surface area contributed by atoms with Gasteiger partial charge in [-0.05, 0) is 30.3 Å². The Kier molecular flexibility index (Phi) is 2.92. The van der Waals surface area contributed by atoms with Gasteiger partial charge in [0.05, 0.1) is 11.6 Å². The highest BCUT2D eigenvalue weighted by molar-refractivity contribution is 5.34. The van der Waals surface area contributed by atoms with Crippen molar-refractivity contribution in [1.29, 1.82) is 5.26 Å². The molecule has 0 heterocycles. The molecule has 0 bridgehead atoms. The molecule has 1 aromatic rings. The first-order valence-electron chi connectivity index (χ1n) is 3.48. The quantitative estimate of drug-likeness (QED) is 0.676. The van der Waals surface area contributed by atoms with E-state index in [1.165, 1.54) is 6.61 Å². The summed E-state index contributed by atoms with van der Waals surface area (Å²) in [5, 5.41) is 8.49. The molecule has 2 nitrogen and oxygen atoms in total. The Morgan fingerprint density at radius 2 is 2.00 bits per heavy atom. The van der Waals surface area contributed by atoms with Crippen molar-refractivity contribution in [3.8, 4) is 11.8 Å². The van der Waals surface area contributed by atoms with Gasteiger partial charge >= 0.3 is 0 Å². The Balaban J connectivity index is 2.66. The summed E-state index contributed by atoms with van der Waals surface area (Å²) >= 11 is 0. The van der Waals surface area contributed by atoms with E-state index in [0.717, 1.165) is 0 Å². The van der Waals surface area contributed by atoms with Crippen LogP contribution in [0.4, 0.5) is 0 Å². The van der Waals surface area contributed by atoms with Crippen LogP contribution >= 0.6 is 0 Å². The van der Waals surface area contributed by atoms with Crippen molar-refractivity contribution in [1.82, 2.24) is 0 Å². The zero-order valence-electron chi connectivity index (χ0n) is 6.53. The molecule has 0 N–H and O–H groups in total. The number of rotatable bonds is 3. The van der Waals surface area contributed by atoms with Crippen molar-refractivity contribution >= 4 is 0 Å². The van der Waals surface area contributed by atoms with Gasteiger partial charge in [0.15, 0.2) is 6.61 Å². The molecule has 0 fully saturated rings. The van der Waals surface area contributed by atoms with Gasteiger partial charge in [-0.15, -0.1) is 0 Å². The molecule has 0 atom stereocenters. The van der Waals surface area contributed by atoms with Gasteiger partial charge < -0.3 is 4.74 Å². The van der Waals surface area contributed by atoms with Gasteiger partial charge in [-0.2, -0.15) is 5.26 Å². The SMILES string of the molecule is C=C[CH]Oc1ccc(C#N)cc1. The topological polar surface area (TPSA) is 33.0 Å². The zero-order chi connectivity index (χ0) is 8.81. The molecular formula is C10H8NO. The summed E-state index contributed by atoms with van der Waals surface area (Å²) in [7, 11) is 0. The molecular weight excluding hydrogens is 150 g/mol. The second-order valence-corrected chi connectivity index (χ2v) is 2.13. The fourth-order valence-corrected chi connectivity index (χ4v) is 0.735. The minimum atomic E-state index is 0.626. The van der Waals surface area contributed by atoms with Crippen LogP contribution in [0.15, 0.2) is 36.9 Å². The van der Waals surface area contributed by atoms with Crippen molar-refractivity contribution < 1.29 is 4.74 Å². The summed E-state index contributed by atoms with van der Waals surface area (Å²) in [5.74, 6) is 0.703. The number of benzene rings is 1. The highest BCUT2D eigenvalue weighted by Crippen LogP contribution is 2.11. The molecule has 0 unspecified atom stereocenters. The second kappa shape index (κ2) is 4.20. The van der Waals surface area contributed by atoms with E-state index < -0.39 is 0 Å². The van der Waals surface area contributed by atoms with Crippen LogP contribution in [0.3, 0.4) is 0 Å². The predicted octanol–water partition coefficient (Wildman–Crippen LogP) is 2.28. The van der Waals surface area contributed by atoms with E-state index in [0.29, 0.717) is 11.3 Å². The van der Waals surface area contributed by atoms with Gasteiger partial charge in [-0.1, -0.05) is 6.58 Å². The summed E-state index contributed by atoms with van der Waals surface area (Å²) in [5.41, 5.74) is 0.626. The monoisotopic (exact) mass is 158 g/mol. The largest absolute Gasteiger partial charge is 0.482 e. The number of hydrogen-bond donors (Lipinski definition) is 0. The number of nitriles is 1. The first-order chi connectivity index (χ1) is 5.86. The van der Waals surface area contributed by atoms with E-state index in [-0.39, 0.29) is 0 Å². The van der Waals surface area contributed by atoms with E-state index >= 15 is 0 Å². The molecule has 2 heteroatoms. The van der Waals surface area contributed by atoms with E-state index in [9.17, 15) is 0 Å². The number of ether oxygens (including phenoxy) is 1. The molecule has 0 aliphatic rings. The lowest BCUT2D eigenvalue weighted by molar-refractivity contribution is 0.434. The van der Waals surface area contributed by atoms with Gasteiger partial charge in [-0.25, -0.2) is 0 Å². The maximum atomic E-state index is 8.49. The molecule has 0 aliphatic heterocycles. The molecule has 0 aromatic heterocycles. The van der Waals surface area contributed by atoms with Gasteiger partial charge in [0.25, 0.3) is 0 Å². The molecule has 1 aromatic carbocycles. The molecule has 0 amide bonds. The van der Waals surface area contributed by atoms with Crippen LogP contribution < -0.4 is 4.74 Å². The van der Waals surface area contributed by atoms with Crippen molar-refractivity contribution in [3.05, 3.63) is 49.1 Å². The van der Waals surface area contributed by atoms with Gasteiger partial charge in [0, 0.05) is 0 Å². The van der Waals surface area contributed by atoms with E-state index in [1.54, 1.807) is 30.3 Å². The average Bonchev–Trinajstić information content (AvgIpc) is 2.15. The third kappa shape index (κ3) is 2.14. The van der Waals surface area contributed by atoms with Crippen molar-refractivity contribution in [3.63, 3.8) is 0 Å². The van der Waals surface area contributed by atoms with Crippen molar-refractivity contribution in [2.45, 2.75) is 0 Å². The minimum absolute atomic E-state index is 0.626. The third-order valence-corrected chi connectivity index (χ3v) is 1.28. The molecule has 12 heavy (non-hydrogen) atoms. The summed E-state index contributed by atoms with van der Waals surface area (Å²) in [6, 6.07) is 8.90. The molecule has 0 saturated carbocycles. The van der Waals surface area contributed by atoms with Crippen LogP contribution in [-0.2, 0) is 0 Å². The normalized spacial score (nSPS) is 8.58. The molecule has 1 rings (SSSR count). The smallest absolute Gasteiger partial charge is 0.157 e. The van der Waals surface area contributed by atoms with E-state index in [4.69, 9.17) is 10.00 Å². The summed E-state index contributed by atoms with van der Waals surface area (Å²) < 4.78 is 5.10. The molecule has 59 valence electrons. The Morgan fingerprint density at radius 3 is 2.50 bits per heavy atom. The van der Waals surface area contributed by atoms with Crippen LogP contribution in [-0.4, -0.2) is 0 Å². The fourth-order valence-electron chi connectivity index (χ4n) is 0.735. The van der Waals surface area contributed by atoms with Gasteiger partial charge in [0.1, 0.15) is 5.75 Å². The van der Waals surface area contributed by atoms with Crippen molar-refractivity contribution in [2.24, 2.45) is 0 Å². The summed E-state index contributed by atoms with van der Waals surface area (Å²) in [4.78, 5) is 0.